The Morgan fingerprint density at radius 1 is 1.36 bits per heavy atom. The Hall–Kier alpha value is 0.390. The van der Waals surface area contributed by atoms with E-state index in [1.165, 1.54) is 0 Å². The molecule has 0 unspecified atom stereocenters. The second kappa shape index (κ2) is 5.47. The maximum absolute atomic E-state index is 11.3. The number of nitrogens with zero attached hydrogens (tertiary/aromatic N) is 1. The van der Waals surface area contributed by atoms with Crippen LogP contribution in [0.1, 0.15) is 19.8 Å². The van der Waals surface area contributed by atoms with E-state index in [2.05, 4.69) is 20.8 Å². The highest BCUT2D eigenvalue weighted by Gasteiger charge is 2.18. The van der Waals surface area contributed by atoms with Crippen molar-refractivity contribution in [1.82, 2.24) is 4.90 Å². The molecule has 0 N–H and O–H groups in total. The summed E-state index contributed by atoms with van der Waals surface area (Å²) in [6, 6.07) is 0. The van der Waals surface area contributed by atoms with E-state index in [1.807, 2.05) is 0 Å². The van der Waals surface area contributed by atoms with Gasteiger partial charge in [-0.2, -0.15) is 0 Å². The van der Waals surface area contributed by atoms with Crippen molar-refractivity contribution in [2.45, 2.75) is 24.6 Å². The SMILES string of the molecule is CCS(=O)(=O)CCN1CCC(Br)CC1. The summed E-state index contributed by atoms with van der Waals surface area (Å²) >= 11 is 3.58. The Morgan fingerprint density at radius 3 is 2.43 bits per heavy atom. The predicted octanol–water partition coefficient (Wildman–Crippen LogP) is 1.28. The molecule has 0 amide bonds. The molecule has 1 saturated heterocycles. The van der Waals surface area contributed by atoms with Crippen LogP contribution < -0.4 is 0 Å². The molecule has 84 valence electrons. The molecule has 5 heteroatoms. The topological polar surface area (TPSA) is 37.4 Å². The number of alkyl halides is 1. The molecule has 0 atom stereocenters. The van der Waals surface area contributed by atoms with Crippen molar-refractivity contribution < 1.29 is 8.42 Å². The number of likely N-dealkylation sites (tertiary alicyclic amines) is 1. The summed E-state index contributed by atoms with van der Waals surface area (Å²) in [5.74, 6) is 0.582. The third-order valence-corrected chi connectivity index (χ3v) is 5.28. The van der Waals surface area contributed by atoms with Gasteiger partial charge in [-0.1, -0.05) is 22.9 Å². The zero-order chi connectivity index (χ0) is 10.6. The van der Waals surface area contributed by atoms with Crippen molar-refractivity contribution in [3.63, 3.8) is 0 Å². The van der Waals surface area contributed by atoms with Crippen molar-refractivity contribution in [2.75, 3.05) is 31.1 Å². The highest BCUT2D eigenvalue weighted by atomic mass is 79.9. The first-order valence-electron chi connectivity index (χ1n) is 5.10. The Kier molecular flexibility index (Phi) is 4.87. The highest BCUT2D eigenvalue weighted by Crippen LogP contribution is 2.16. The average molecular weight is 284 g/mol. The molecule has 0 spiro atoms. The Bertz CT molecular complexity index is 258. The van der Waals surface area contributed by atoms with Gasteiger partial charge in [0.2, 0.25) is 0 Å². The largest absolute Gasteiger partial charge is 0.302 e. The van der Waals surface area contributed by atoms with E-state index in [4.69, 9.17) is 0 Å². The summed E-state index contributed by atoms with van der Waals surface area (Å²) in [4.78, 5) is 2.87. The van der Waals surface area contributed by atoms with Crippen molar-refractivity contribution in [1.29, 1.82) is 0 Å². The van der Waals surface area contributed by atoms with Crippen LogP contribution in [0.3, 0.4) is 0 Å². The minimum Gasteiger partial charge on any atom is -0.302 e. The lowest BCUT2D eigenvalue weighted by Crippen LogP contribution is -2.37. The van der Waals surface area contributed by atoms with Gasteiger partial charge in [0, 0.05) is 17.1 Å². The molecule has 1 heterocycles. The summed E-state index contributed by atoms with van der Waals surface area (Å²) in [6.45, 7) is 4.46. The fourth-order valence-corrected chi connectivity index (χ4v) is 2.77. The Labute approximate surface area is 94.9 Å². The number of hydrogen-bond acceptors (Lipinski definition) is 3. The van der Waals surface area contributed by atoms with Gasteiger partial charge in [-0.05, 0) is 25.9 Å². The molecule has 1 fully saturated rings. The van der Waals surface area contributed by atoms with Gasteiger partial charge in [-0.25, -0.2) is 8.42 Å². The molecule has 14 heavy (non-hydrogen) atoms. The van der Waals surface area contributed by atoms with Gasteiger partial charge in [0.05, 0.1) is 5.75 Å². The van der Waals surface area contributed by atoms with Crippen LogP contribution in [-0.4, -0.2) is 49.3 Å². The molecule has 0 aromatic carbocycles. The summed E-state index contributed by atoms with van der Waals surface area (Å²) in [6.07, 6.45) is 2.26. The van der Waals surface area contributed by atoms with Crippen LogP contribution in [0.4, 0.5) is 0 Å². The quantitative estimate of drug-likeness (QED) is 0.730. The van der Waals surface area contributed by atoms with Crippen molar-refractivity contribution in [3.8, 4) is 0 Å². The molecule has 1 aliphatic rings. The standard InChI is InChI=1S/C9H18BrNO2S/c1-2-14(12,13)8-7-11-5-3-9(10)4-6-11/h9H,2-8H2,1H3. The van der Waals surface area contributed by atoms with Crippen LogP contribution in [0, 0.1) is 0 Å². The van der Waals surface area contributed by atoms with Gasteiger partial charge in [-0.15, -0.1) is 0 Å². The van der Waals surface area contributed by atoms with Gasteiger partial charge in [-0.3, -0.25) is 0 Å². The molecule has 0 aromatic heterocycles. The van der Waals surface area contributed by atoms with Crippen LogP contribution in [0.2, 0.25) is 0 Å². The minimum atomic E-state index is -2.79. The molecule has 3 nitrogen and oxygen atoms in total. The van der Waals surface area contributed by atoms with Gasteiger partial charge in [0.1, 0.15) is 0 Å². The second-order valence-electron chi connectivity index (χ2n) is 3.75. The number of halogens is 1. The van der Waals surface area contributed by atoms with E-state index < -0.39 is 9.84 Å². The van der Waals surface area contributed by atoms with Gasteiger partial charge in [0.15, 0.2) is 9.84 Å². The Morgan fingerprint density at radius 2 is 1.93 bits per heavy atom. The monoisotopic (exact) mass is 283 g/mol. The molecule has 1 rings (SSSR count). The van der Waals surface area contributed by atoms with Crippen LogP contribution >= 0.6 is 15.9 Å². The van der Waals surface area contributed by atoms with E-state index >= 15 is 0 Å². The van der Waals surface area contributed by atoms with Gasteiger partial charge >= 0.3 is 0 Å². The molecule has 0 bridgehead atoms. The van der Waals surface area contributed by atoms with E-state index in [9.17, 15) is 8.42 Å². The van der Waals surface area contributed by atoms with Crippen molar-refractivity contribution >= 4 is 25.8 Å². The normalized spacial score (nSPS) is 21.3. The fraction of sp³-hybridized carbons (Fsp3) is 1.00. The average Bonchev–Trinajstić information content (AvgIpc) is 2.17. The lowest BCUT2D eigenvalue weighted by atomic mass is 10.1. The zero-order valence-corrected chi connectivity index (χ0v) is 11.0. The van der Waals surface area contributed by atoms with Crippen molar-refractivity contribution in [3.05, 3.63) is 0 Å². The number of sulfone groups is 1. The maximum Gasteiger partial charge on any atom is 0.151 e. The third-order valence-electron chi connectivity index (χ3n) is 2.68. The molecule has 1 aliphatic heterocycles. The lowest BCUT2D eigenvalue weighted by molar-refractivity contribution is 0.247. The van der Waals surface area contributed by atoms with Crippen LogP contribution in [0.25, 0.3) is 0 Å². The summed E-state index contributed by atoms with van der Waals surface area (Å²) in [7, 11) is -2.79. The van der Waals surface area contributed by atoms with Crippen LogP contribution in [0.15, 0.2) is 0 Å². The van der Waals surface area contributed by atoms with Gasteiger partial charge in [0.25, 0.3) is 0 Å². The number of piperidine rings is 1. The van der Waals surface area contributed by atoms with Crippen LogP contribution in [0.5, 0.6) is 0 Å². The minimum absolute atomic E-state index is 0.266. The Balaban J connectivity index is 2.26. The molecule has 0 radical (unpaired) electrons. The first-order valence-corrected chi connectivity index (χ1v) is 7.84. The number of hydrogen-bond donors (Lipinski definition) is 0. The summed E-state index contributed by atoms with van der Waals surface area (Å²) < 4.78 is 22.5. The first-order chi connectivity index (χ1) is 6.53. The fourth-order valence-electron chi connectivity index (χ4n) is 1.54. The molecule has 0 saturated carbocycles. The van der Waals surface area contributed by atoms with E-state index in [-0.39, 0.29) is 5.75 Å². The third kappa shape index (κ3) is 4.28. The summed E-state index contributed by atoms with van der Waals surface area (Å²) in [5, 5.41) is 0. The van der Waals surface area contributed by atoms with Gasteiger partial charge < -0.3 is 4.90 Å². The van der Waals surface area contributed by atoms with E-state index in [1.54, 1.807) is 6.92 Å². The zero-order valence-electron chi connectivity index (χ0n) is 8.58. The van der Waals surface area contributed by atoms with Crippen molar-refractivity contribution in [2.24, 2.45) is 0 Å². The molecular weight excluding hydrogens is 266 g/mol. The maximum atomic E-state index is 11.3. The number of rotatable bonds is 4. The van der Waals surface area contributed by atoms with E-state index in [0.29, 0.717) is 17.1 Å². The first kappa shape index (κ1) is 12.5. The predicted molar refractivity (Wildman–Crippen MR) is 62.7 cm³/mol. The molecule has 0 aliphatic carbocycles. The van der Waals surface area contributed by atoms with Crippen LogP contribution in [-0.2, 0) is 9.84 Å². The second-order valence-corrected chi connectivity index (χ2v) is 7.52. The van der Waals surface area contributed by atoms with E-state index in [0.717, 1.165) is 25.9 Å². The smallest absolute Gasteiger partial charge is 0.151 e. The lowest BCUT2D eigenvalue weighted by Gasteiger charge is -2.29. The highest BCUT2D eigenvalue weighted by molar-refractivity contribution is 9.09. The summed E-state index contributed by atoms with van der Waals surface area (Å²) in [5.41, 5.74) is 0. The molecular formula is C9H18BrNO2S. The molecule has 0 aromatic rings.